The van der Waals surface area contributed by atoms with Crippen molar-refractivity contribution in [2.45, 2.75) is 5.54 Å². The molecule has 74 valence electrons. The number of carboxylic acid groups (broad SMARTS) is 1. The molecule has 2 N–H and O–H groups in total. The molecule has 2 aliphatic heterocycles. The van der Waals surface area contributed by atoms with E-state index in [1.807, 2.05) is 0 Å². The Morgan fingerprint density at radius 1 is 1.38 bits per heavy atom. The van der Waals surface area contributed by atoms with Crippen LogP contribution in [0.4, 0.5) is 0 Å². The summed E-state index contributed by atoms with van der Waals surface area (Å²) >= 11 is 1.72. The maximum absolute atomic E-state index is 11.1. The minimum atomic E-state index is -0.645. The Hall–Kier alpha value is -0.260. The first-order valence-electron chi connectivity index (χ1n) is 4.53. The highest BCUT2D eigenvalue weighted by Crippen LogP contribution is 2.35. The van der Waals surface area contributed by atoms with Crippen LogP contribution in [0.3, 0.4) is 0 Å². The van der Waals surface area contributed by atoms with Gasteiger partial charge in [0.2, 0.25) is 0 Å². The lowest BCUT2D eigenvalue weighted by atomic mass is 10.0. The Bertz CT molecular complexity index is 212. The van der Waals surface area contributed by atoms with Crippen molar-refractivity contribution in [1.29, 1.82) is 0 Å². The van der Waals surface area contributed by atoms with Crippen LogP contribution in [0.5, 0.6) is 0 Å². The Balaban J connectivity index is 2.06. The summed E-state index contributed by atoms with van der Waals surface area (Å²) in [5.74, 6) is 0.859. The van der Waals surface area contributed by atoms with Crippen molar-refractivity contribution in [1.82, 2.24) is 10.2 Å². The predicted octanol–water partition coefficient (Wildman–Crippen LogP) is -0.538. The standard InChI is InChI=1S/C8H14N2O2S/c11-7(12)8(5-13-6-8)10-3-1-9-2-4-10/h9H,1-6H2,(H,11,12). The molecule has 0 bridgehead atoms. The van der Waals surface area contributed by atoms with Crippen LogP contribution in [0, 0.1) is 0 Å². The highest BCUT2D eigenvalue weighted by atomic mass is 32.2. The van der Waals surface area contributed by atoms with Gasteiger partial charge in [-0.25, -0.2) is 0 Å². The summed E-state index contributed by atoms with van der Waals surface area (Å²) in [6.07, 6.45) is 0. The second kappa shape index (κ2) is 3.48. The SMILES string of the molecule is O=C(O)C1(N2CCNCC2)CSC1. The molecule has 2 rings (SSSR count). The van der Waals surface area contributed by atoms with Crippen molar-refractivity contribution in [3.05, 3.63) is 0 Å². The number of nitrogens with one attached hydrogen (secondary N) is 1. The Labute approximate surface area is 81.7 Å². The van der Waals surface area contributed by atoms with Crippen LogP contribution >= 0.6 is 11.8 Å². The maximum atomic E-state index is 11.1. The van der Waals surface area contributed by atoms with Gasteiger partial charge in [-0.1, -0.05) is 0 Å². The Morgan fingerprint density at radius 3 is 2.38 bits per heavy atom. The molecule has 0 aromatic rings. The van der Waals surface area contributed by atoms with E-state index in [-0.39, 0.29) is 0 Å². The van der Waals surface area contributed by atoms with Crippen LogP contribution in [0.1, 0.15) is 0 Å². The van der Waals surface area contributed by atoms with Crippen LogP contribution in [-0.2, 0) is 4.79 Å². The zero-order valence-corrected chi connectivity index (χ0v) is 8.27. The molecule has 0 aliphatic carbocycles. The summed E-state index contributed by atoms with van der Waals surface area (Å²) in [5.41, 5.74) is -0.535. The maximum Gasteiger partial charge on any atom is 0.325 e. The molecule has 0 aromatic carbocycles. The molecule has 0 spiro atoms. The third-order valence-corrected chi connectivity index (χ3v) is 4.17. The summed E-state index contributed by atoms with van der Waals surface area (Å²) in [7, 11) is 0. The van der Waals surface area contributed by atoms with Crippen LogP contribution in [0.15, 0.2) is 0 Å². The molecule has 5 heteroatoms. The van der Waals surface area contributed by atoms with Gasteiger partial charge in [0, 0.05) is 37.7 Å². The molecule has 2 aliphatic rings. The van der Waals surface area contributed by atoms with Gasteiger partial charge in [-0.05, 0) is 0 Å². The van der Waals surface area contributed by atoms with E-state index in [9.17, 15) is 4.79 Å². The lowest BCUT2D eigenvalue weighted by Gasteiger charge is -2.47. The Morgan fingerprint density at radius 2 is 2.00 bits per heavy atom. The van der Waals surface area contributed by atoms with Crippen molar-refractivity contribution in [3.8, 4) is 0 Å². The molecule has 2 fully saturated rings. The van der Waals surface area contributed by atoms with Crippen molar-refractivity contribution in [2.75, 3.05) is 37.7 Å². The topological polar surface area (TPSA) is 52.6 Å². The van der Waals surface area contributed by atoms with Crippen molar-refractivity contribution >= 4 is 17.7 Å². The summed E-state index contributed by atoms with van der Waals surface area (Å²) in [6.45, 7) is 3.57. The summed E-state index contributed by atoms with van der Waals surface area (Å²) < 4.78 is 0. The molecular weight excluding hydrogens is 188 g/mol. The summed E-state index contributed by atoms with van der Waals surface area (Å²) in [4.78, 5) is 13.2. The van der Waals surface area contributed by atoms with E-state index in [2.05, 4.69) is 10.2 Å². The predicted molar refractivity (Wildman–Crippen MR) is 52.1 cm³/mol. The largest absolute Gasteiger partial charge is 0.480 e. The molecule has 0 amide bonds. The fourth-order valence-corrected chi connectivity index (χ4v) is 3.03. The number of aliphatic carboxylic acids is 1. The molecule has 13 heavy (non-hydrogen) atoms. The second-order valence-electron chi connectivity index (χ2n) is 3.57. The van der Waals surface area contributed by atoms with E-state index in [1.54, 1.807) is 11.8 Å². The fraction of sp³-hybridized carbons (Fsp3) is 0.875. The van der Waals surface area contributed by atoms with E-state index in [1.165, 1.54) is 0 Å². The smallest absolute Gasteiger partial charge is 0.325 e. The van der Waals surface area contributed by atoms with E-state index < -0.39 is 11.5 Å². The van der Waals surface area contributed by atoms with Gasteiger partial charge >= 0.3 is 5.97 Å². The van der Waals surface area contributed by atoms with Gasteiger partial charge in [0.15, 0.2) is 0 Å². The first-order valence-corrected chi connectivity index (χ1v) is 5.68. The molecule has 0 unspecified atom stereocenters. The number of nitrogens with zero attached hydrogens (tertiary/aromatic N) is 1. The first-order chi connectivity index (χ1) is 6.26. The quantitative estimate of drug-likeness (QED) is 0.630. The average molecular weight is 202 g/mol. The normalized spacial score (nSPS) is 28.0. The Kier molecular flexibility index (Phi) is 2.49. The van der Waals surface area contributed by atoms with Gasteiger partial charge in [0.05, 0.1) is 0 Å². The summed E-state index contributed by atoms with van der Waals surface area (Å²) in [5, 5.41) is 12.4. The highest BCUT2D eigenvalue weighted by molar-refractivity contribution is 8.01. The highest BCUT2D eigenvalue weighted by Gasteiger charge is 2.50. The monoisotopic (exact) mass is 202 g/mol. The molecule has 0 radical (unpaired) electrons. The van der Waals surface area contributed by atoms with Crippen LogP contribution < -0.4 is 5.32 Å². The van der Waals surface area contributed by atoms with E-state index >= 15 is 0 Å². The average Bonchev–Trinajstić information content (AvgIpc) is 2.03. The van der Waals surface area contributed by atoms with Gasteiger partial charge in [-0.15, -0.1) is 0 Å². The lowest BCUT2D eigenvalue weighted by Crippen LogP contribution is -2.67. The number of thioether (sulfide) groups is 1. The van der Waals surface area contributed by atoms with Crippen molar-refractivity contribution in [2.24, 2.45) is 0 Å². The van der Waals surface area contributed by atoms with E-state index in [0.29, 0.717) is 0 Å². The minimum absolute atomic E-state index is 0.535. The number of carboxylic acids is 1. The van der Waals surface area contributed by atoms with Crippen LogP contribution in [0.25, 0.3) is 0 Å². The van der Waals surface area contributed by atoms with Crippen molar-refractivity contribution < 1.29 is 9.90 Å². The van der Waals surface area contributed by atoms with Gasteiger partial charge in [0.25, 0.3) is 0 Å². The van der Waals surface area contributed by atoms with Crippen molar-refractivity contribution in [3.63, 3.8) is 0 Å². The lowest BCUT2D eigenvalue weighted by molar-refractivity contribution is -0.149. The number of rotatable bonds is 2. The number of carbonyl (C=O) groups is 1. The molecule has 0 saturated carbocycles. The van der Waals surface area contributed by atoms with Gasteiger partial charge in [-0.2, -0.15) is 11.8 Å². The molecule has 0 aromatic heterocycles. The number of hydrogen-bond acceptors (Lipinski definition) is 4. The molecule has 0 atom stereocenters. The van der Waals surface area contributed by atoms with E-state index in [4.69, 9.17) is 5.11 Å². The third kappa shape index (κ3) is 1.45. The van der Waals surface area contributed by atoms with Gasteiger partial charge < -0.3 is 10.4 Å². The number of piperazine rings is 1. The van der Waals surface area contributed by atoms with Gasteiger partial charge in [-0.3, -0.25) is 9.69 Å². The van der Waals surface area contributed by atoms with Gasteiger partial charge in [0.1, 0.15) is 5.54 Å². The molecular formula is C8H14N2O2S. The summed E-state index contributed by atoms with van der Waals surface area (Å²) in [6, 6.07) is 0. The molecule has 2 heterocycles. The zero-order valence-electron chi connectivity index (χ0n) is 7.45. The van der Waals surface area contributed by atoms with E-state index in [0.717, 1.165) is 37.7 Å². The minimum Gasteiger partial charge on any atom is -0.480 e. The fourth-order valence-electron chi connectivity index (χ4n) is 1.83. The first kappa shape index (κ1) is 9.30. The third-order valence-electron chi connectivity index (χ3n) is 2.80. The number of hydrogen-bond donors (Lipinski definition) is 2. The molecule has 4 nitrogen and oxygen atoms in total. The molecule has 2 saturated heterocycles. The van der Waals surface area contributed by atoms with Crippen LogP contribution in [0.2, 0.25) is 0 Å². The van der Waals surface area contributed by atoms with Crippen LogP contribution in [-0.4, -0.2) is 59.2 Å². The second-order valence-corrected chi connectivity index (χ2v) is 4.55. The zero-order chi connectivity index (χ0) is 9.31.